The molecule has 2 amide bonds. The highest BCUT2D eigenvalue weighted by atomic mass is 35.5. The van der Waals surface area contributed by atoms with Crippen LogP contribution < -0.4 is 22.1 Å². The minimum atomic E-state index is -0.433. The molecule has 6 N–H and O–H groups in total. The van der Waals surface area contributed by atoms with E-state index in [0.717, 1.165) is 25.7 Å². The van der Waals surface area contributed by atoms with Gasteiger partial charge in [-0.15, -0.1) is 24.8 Å². The van der Waals surface area contributed by atoms with Crippen LogP contribution in [-0.4, -0.2) is 47.6 Å². The normalized spacial score (nSPS) is 25.7. The monoisotopic (exact) mass is 444 g/mol. The molecule has 0 saturated heterocycles. The van der Waals surface area contributed by atoms with Gasteiger partial charge in [0.25, 0.3) is 0 Å². The van der Waals surface area contributed by atoms with Crippen molar-refractivity contribution in [2.75, 3.05) is 0 Å². The minimum Gasteiger partial charge on any atom is -0.444 e. The molecule has 0 aromatic heterocycles. The van der Waals surface area contributed by atoms with E-state index in [9.17, 15) is 9.59 Å². The first-order chi connectivity index (χ1) is 11.8. The summed E-state index contributed by atoms with van der Waals surface area (Å²) in [5.74, 6) is 0. The molecule has 2 aliphatic rings. The van der Waals surface area contributed by atoms with Gasteiger partial charge in [0.2, 0.25) is 0 Å². The molecule has 0 radical (unpaired) electrons. The quantitative estimate of drug-likeness (QED) is 0.517. The molecule has 2 saturated carbocycles. The Balaban J connectivity index is 0. The summed E-state index contributed by atoms with van der Waals surface area (Å²) in [4.78, 5) is 22.4. The van der Waals surface area contributed by atoms with E-state index in [1.807, 2.05) is 41.5 Å². The largest absolute Gasteiger partial charge is 0.444 e. The average Bonchev–Trinajstić information content (AvgIpc) is 2.44. The number of alkyl carbamates (subject to hydrolysis) is 2. The van der Waals surface area contributed by atoms with Crippen molar-refractivity contribution in [2.45, 2.75) is 103 Å². The number of halogens is 2. The van der Waals surface area contributed by atoms with Crippen LogP contribution in [0.5, 0.6) is 0 Å². The van der Waals surface area contributed by atoms with E-state index in [1.165, 1.54) is 0 Å². The first-order valence-corrected chi connectivity index (χ1v) is 9.27. The predicted octanol–water partition coefficient (Wildman–Crippen LogP) is 2.85. The molecule has 2 fully saturated rings. The zero-order valence-corrected chi connectivity index (χ0v) is 19.4. The van der Waals surface area contributed by atoms with Gasteiger partial charge in [0, 0.05) is 24.2 Å². The van der Waals surface area contributed by atoms with Crippen molar-refractivity contribution in [2.24, 2.45) is 11.5 Å². The van der Waals surface area contributed by atoms with Crippen molar-refractivity contribution < 1.29 is 19.1 Å². The van der Waals surface area contributed by atoms with Gasteiger partial charge in [-0.2, -0.15) is 0 Å². The van der Waals surface area contributed by atoms with Crippen molar-refractivity contribution in [1.82, 2.24) is 10.6 Å². The Morgan fingerprint density at radius 3 is 1.14 bits per heavy atom. The molecule has 168 valence electrons. The van der Waals surface area contributed by atoms with Crippen LogP contribution in [0.1, 0.15) is 67.2 Å². The number of carbonyl (C=O) groups is 2. The molecule has 2 aliphatic carbocycles. The summed E-state index contributed by atoms with van der Waals surface area (Å²) in [5.41, 5.74) is 10.5. The molecular formula is C18H38Cl2N4O4. The van der Waals surface area contributed by atoms with Crippen LogP contribution in [0.3, 0.4) is 0 Å². The van der Waals surface area contributed by atoms with Gasteiger partial charge in [0.05, 0.1) is 0 Å². The van der Waals surface area contributed by atoms with Crippen molar-refractivity contribution in [1.29, 1.82) is 0 Å². The highest BCUT2D eigenvalue weighted by Crippen LogP contribution is 2.19. The lowest BCUT2D eigenvalue weighted by molar-refractivity contribution is 0.0456. The standard InChI is InChI=1S/2C9H18N2O2.2ClH/c2*1-9(2,3)13-8(12)11-7-5-4-6(7)10;;/h2*6-7H,4-5,10H2,1-3H3,(H,11,12);2*1H/t2*6-,7-;;/m10../s1. The third-order valence-electron chi connectivity index (χ3n) is 4.06. The number of hydrogen-bond donors (Lipinski definition) is 4. The molecule has 0 heterocycles. The van der Waals surface area contributed by atoms with E-state index >= 15 is 0 Å². The van der Waals surface area contributed by atoms with E-state index in [1.54, 1.807) is 0 Å². The Morgan fingerprint density at radius 1 is 0.714 bits per heavy atom. The molecule has 0 spiro atoms. The molecule has 4 atom stereocenters. The lowest BCUT2D eigenvalue weighted by Gasteiger charge is -2.34. The smallest absolute Gasteiger partial charge is 0.407 e. The number of hydrogen-bond acceptors (Lipinski definition) is 6. The van der Waals surface area contributed by atoms with Crippen LogP contribution in [0.4, 0.5) is 9.59 Å². The maximum atomic E-state index is 11.2. The number of nitrogens with one attached hydrogen (secondary N) is 2. The molecule has 8 nitrogen and oxygen atoms in total. The van der Waals surface area contributed by atoms with Gasteiger partial charge in [-0.3, -0.25) is 0 Å². The fourth-order valence-corrected chi connectivity index (χ4v) is 2.33. The molecule has 0 aromatic carbocycles. The van der Waals surface area contributed by atoms with Crippen molar-refractivity contribution in [3.63, 3.8) is 0 Å². The summed E-state index contributed by atoms with van der Waals surface area (Å²) in [5, 5.41) is 5.47. The molecule has 10 heteroatoms. The molecule has 2 rings (SSSR count). The van der Waals surface area contributed by atoms with Gasteiger partial charge in [-0.05, 0) is 67.2 Å². The van der Waals surface area contributed by atoms with Crippen molar-refractivity contribution in [3.05, 3.63) is 0 Å². The van der Waals surface area contributed by atoms with Crippen LogP contribution in [0.15, 0.2) is 0 Å². The van der Waals surface area contributed by atoms with Gasteiger partial charge in [0.15, 0.2) is 0 Å². The summed E-state index contributed by atoms with van der Waals surface area (Å²) in [7, 11) is 0. The second-order valence-corrected chi connectivity index (χ2v) is 8.99. The molecule has 28 heavy (non-hydrogen) atoms. The number of amides is 2. The molecule has 0 aliphatic heterocycles. The van der Waals surface area contributed by atoms with Gasteiger partial charge in [0.1, 0.15) is 11.2 Å². The number of rotatable bonds is 2. The average molecular weight is 445 g/mol. The maximum absolute atomic E-state index is 11.2. The zero-order valence-electron chi connectivity index (χ0n) is 17.7. The maximum Gasteiger partial charge on any atom is 0.407 e. The second-order valence-electron chi connectivity index (χ2n) is 8.99. The van der Waals surface area contributed by atoms with Crippen molar-refractivity contribution in [3.8, 4) is 0 Å². The molecular weight excluding hydrogens is 407 g/mol. The van der Waals surface area contributed by atoms with Crippen LogP contribution in [-0.2, 0) is 9.47 Å². The SMILES string of the molecule is CC(C)(C)OC(=O)N[C@@H]1CC[C@H]1N.CC(C)(C)OC(=O)N[C@H]1CC[C@@H]1N.Cl.Cl. The van der Waals surface area contributed by atoms with Crippen LogP contribution in [0.2, 0.25) is 0 Å². The zero-order chi connectivity index (χ0) is 20.1. The van der Waals surface area contributed by atoms with Crippen LogP contribution >= 0.6 is 24.8 Å². The topological polar surface area (TPSA) is 129 Å². The Kier molecular flexibility index (Phi) is 12.4. The van der Waals surface area contributed by atoms with Gasteiger partial charge in [-0.25, -0.2) is 9.59 Å². The van der Waals surface area contributed by atoms with E-state index in [0.29, 0.717) is 0 Å². The Labute approximate surface area is 181 Å². The van der Waals surface area contributed by atoms with Crippen LogP contribution in [0.25, 0.3) is 0 Å². The first-order valence-electron chi connectivity index (χ1n) is 9.27. The predicted molar refractivity (Wildman–Crippen MR) is 115 cm³/mol. The fourth-order valence-electron chi connectivity index (χ4n) is 2.33. The molecule has 0 bridgehead atoms. The van der Waals surface area contributed by atoms with Crippen LogP contribution in [0, 0.1) is 0 Å². The second kappa shape index (κ2) is 11.9. The Bertz CT molecular complexity index is 451. The number of ether oxygens (including phenoxy) is 2. The van der Waals surface area contributed by atoms with Gasteiger partial charge < -0.3 is 31.6 Å². The highest BCUT2D eigenvalue weighted by molar-refractivity contribution is 5.85. The van der Waals surface area contributed by atoms with Crippen molar-refractivity contribution >= 4 is 37.0 Å². The summed E-state index contributed by atoms with van der Waals surface area (Å²) in [6.45, 7) is 11.0. The van der Waals surface area contributed by atoms with E-state index in [2.05, 4.69) is 10.6 Å². The summed E-state index contributed by atoms with van der Waals surface area (Å²) >= 11 is 0. The van der Waals surface area contributed by atoms with Gasteiger partial charge >= 0.3 is 12.2 Å². The summed E-state index contributed by atoms with van der Waals surface area (Å²) < 4.78 is 10.2. The first kappa shape index (κ1) is 29.2. The lowest BCUT2D eigenvalue weighted by atomic mass is 9.87. The third kappa shape index (κ3) is 11.8. The molecule has 0 unspecified atom stereocenters. The minimum absolute atomic E-state index is 0. The summed E-state index contributed by atoms with van der Waals surface area (Å²) in [6.07, 6.45) is 3.15. The highest BCUT2D eigenvalue weighted by Gasteiger charge is 2.31. The number of carbonyl (C=O) groups excluding carboxylic acids is 2. The third-order valence-corrected chi connectivity index (χ3v) is 4.06. The van der Waals surface area contributed by atoms with E-state index in [-0.39, 0.29) is 61.2 Å². The van der Waals surface area contributed by atoms with E-state index in [4.69, 9.17) is 20.9 Å². The Morgan fingerprint density at radius 2 is 1.00 bits per heavy atom. The van der Waals surface area contributed by atoms with Gasteiger partial charge in [-0.1, -0.05) is 0 Å². The Hall–Kier alpha value is -0.960. The fraction of sp³-hybridized carbons (Fsp3) is 0.889. The molecule has 0 aromatic rings. The lowest BCUT2D eigenvalue weighted by Crippen LogP contribution is -2.55. The van der Waals surface area contributed by atoms with E-state index < -0.39 is 11.2 Å². The number of nitrogens with two attached hydrogens (primary N) is 2. The summed E-state index contributed by atoms with van der Waals surface area (Å²) in [6, 6.07) is 0.421.